The third kappa shape index (κ3) is 56.2. The minimum Gasteiger partial charge on any atom is -0.462 e. The van der Waals surface area contributed by atoms with E-state index in [2.05, 4.69) is 69.4 Å². The van der Waals surface area contributed by atoms with Crippen molar-refractivity contribution in [2.45, 2.75) is 322 Å². The molecule has 0 aromatic rings. The van der Waals surface area contributed by atoms with Gasteiger partial charge in [-0.05, 0) is 83.5 Å². The first kappa shape index (κ1) is 66.4. The van der Waals surface area contributed by atoms with E-state index in [-0.39, 0.29) is 31.1 Å². The van der Waals surface area contributed by atoms with Crippen LogP contribution in [-0.4, -0.2) is 37.2 Å². The van der Waals surface area contributed by atoms with Crippen LogP contribution in [0.1, 0.15) is 316 Å². The first-order valence-corrected chi connectivity index (χ1v) is 30.1. The molecule has 0 N–H and O–H groups in total. The van der Waals surface area contributed by atoms with Gasteiger partial charge in [0.2, 0.25) is 0 Å². The van der Waals surface area contributed by atoms with Crippen LogP contribution in [0.5, 0.6) is 0 Å². The summed E-state index contributed by atoms with van der Waals surface area (Å²) in [5.74, 6) is -0.892. The zero-order valence-electron chi connectivity index (χ0n) is 46.1. The first-order valence-electron chi connectivity index (χ1n) is 30.1. The average Bonchev–Trinajstić information content (AvgIpc) is 3.35. The van der Waals surface area contributed by atoms with E-state index in [1.165, 1.54) is 173 Å². The lowest BCUT2D eigenvalue weighted by Crippen LogP contribution is -2.30. The standard InChI is InChI=1S/C63H114O6/c1-4-7-10-13-16-19-22-25-28-29-30-31-32-33-36-38-41-44-47-50-53-56-62(65)68-59-60(69-63(66)57-54-51-48-45-42-39-35-27-24-21-18-15-12-9-6-3)58-67-61(64)55-52-49-46-43-40-37-34-26-23-20-17-14-11-8-5-2/h17-18,20-21,26-27,34-35,60H,4-16,19,22-25,28-33,36-59H2,1-3H3/b20-17-,21-18-,34-26-,35-27-/t60-/m1/s1. The van der Waals surface area contributed by atoms with Gasteiger partial charge in [0.05, 0.1) is 0 Å². The summed E-state index contributed by atoms with van der Waals surface area (Å²) in [6.07, 6.45) is 71.1. The van der Waals surface area contributed by atoms with Crippen molar-refractivity contribution in [1.29, 1.82) is 0 Å². The van der Waals surface area contributed by atoms with Crippen LogP contribution in [0.3, 0.4) is 0 Å². The van der Waals surface area contributed by atoms with Crippen LogP contribution in [0.15, 0.2) is 48.6 Å². The van der Waals surface area contributed by atoms with Crippen LogP contribution in [-0.2, 0) is 28.6 Å². The van der Waals surface area contributed by atoms with Crippen molar-refractivity contribution in [2.24, 2.45) is 0 Å². The zero-order chi connectivity index (χ0) is 50.0. The van der Waals surface area contributed by atoms with Crippen molar-refractivity contribution in [3.63, 3.8) is 0 Å². The Bertz CT molecular complexity index is 1200. The van der Waals surface area contributed by atoms with Crippen molar-refractivity contribution >= 4 is 17.9 Å². The maximum Gasteiger partial charge on any atom is 0.306 e. The highest BCUT2D eigenvalue weighted by Gasteiger charge is 2.19. The SMILES string of the molecule is CCCCC/C=C\C/C=C\CCCCCCCC(=O)OC[C@H](COC(=O)CCCCCCCCCCCCCCCCCCCCCCC)OC(=O)CCCCCCC/C=C\C/C=C\CCCCC. The zero-order valence-corrected chi connectivity index (χ0v) is 46.1. The Kier molecular flexibility index (Phi) is 55.7. The Morgan fingerprint density at radius 1 is 0.290 bits per heavy atom. The molecule has 0 aliphatic carbocycles. The van der Waals surface area contributed by atoms with Gasteiger partial charge in [-0.15, -0.1) is 0 Å². The Morgan fingerprint density at radius 2 is 0.522 bits per heavy atom. The highest BCUT2D eigenvalue weighted by Crippen LogP contribution is 2.17. The van der Waals surface area contributed by atoms with Crippen molar-refractivity contribution in [2.75, 3.05) is 13.2 Å². The van der Waals surface area contributed by atoms with Gasteiger partial charge in [0, 0.05) is 19.3 Å². The molecule has 0 unspecified atom stereocenters. The van der Waals surface area contributed by atoms with Crippen molar-refractivity contribution in [1.82, 2.24) is 0 Å². The molecule has 0 heterocycles. The molecule has 0 saturated heterocycles. The average molecular weight is 968 g/mol. The lowest BCUT2D eigenvalue weighted by atomic mass is 10.0. The number of hydrogen-bond acceptors (Lipinski definition) is 6. The second-order valence-electron chi connectivity index (χ2n) is 20.3. The monoisotopic (exact) mass is 967 g/mol. The fourth-order valence-electron chi connectivity index (χ4n) is 8.74. The van der Waals surface area contributed by atoms with Crippen LogP contribution in [0, 0.1) is 0 Å². The van der Waals surface area contributed by atoms with Gasteiger partial charge in [-0.2, -0.15) is 0 Å². The van der Waals surface area contributed by atoms with Crippen LogP contribution >= 0.6 is 0 Å². The summed E-state index contributed by atoms with van der Waals surface area (Å²) >= 11 is 0. The molecule has 0 fully saturated rings. The summed E-state index contributed by atoms with van der Waals surface area (Å²) in [4.78, 5) is 38.2. The highest BCUT2D eigenvalue weighted by atomic mass is 16.6. The van der Waals surface area contributed by atoms with E-state index in [0.717, 1.165) is 103 Å². The second-order valence-corrected chi connectivity index (χ2v) is 20.3. The van der Waals surface area contributed by atoms with Gasteiger partial charge in [-0.3, -0.25) is 14.4 Å². The lowest BCUT2D eigenvalue weighted by molar-refractivity contribution is -0.167. The molecule has 0 rings (SSSR count). The molecular formula is C63H114O6. The number of esters is 3. The van der Waals surface area contributed by atoms with E-state index in [9.17, 15) is 14.4 Å². The Hall–Kier alpha value is -2.63. The molecule has 0 radical (unpaired) electrons. The summed E-state index contributed by atoms with van der Waals surface area (Å²) < 4.78 is 16.9. The molecule has 69 heavy (non-hydrogen) atoms. The van der Waals surface area contributed by atoms with Gasteiger partial charge in [0.15, 0.2) is 6.10 Å². The number of allylic oxidation sites excluding steroid dienone is 8. The van der Waals surface area contributed by atoms with E-state index >= 15 is 0 Å². The molecule has 1 atom stereocenters. The Balaban J connectivity index is 4.33. The summed E-state index contributed by atoms with van der Waals surface area (Å²) in [5.41, 5.74) is 0. The fraction of sp³-hybridized carbons (Fsp3) is 0.825. The van der Waals surface area contributed by atoms with E-state index in [0.29, 0.717) is 19.3 Å². The second kappa shape index (κ2) is 57.9. The Morgan fingerprint density at radius 3 is 0.826 bits per heavy atom. The number of carbonyl (C=O) groups excluding carboxylic acids is 3. The number of carbonyl (C=O) groups is 3. The fourth-order valence-corrected chi connectivity index (χ4v) is 8.74. The third-order valence-corrected chi connectivity index (χ3v) is 13.3. The van der Waals surface area contributed by atoms with Crippen LogP contribution in [0.2, 0.25) is 0 Å². The normalized spacial score (nSPS) is 12.3. The molecule has 0 aromatic carbocycles. The molecular weight excluding hydrogens is 853 g/mol. The molecule has 0 aromatic heterocycles. The van der Waals surface area contributed by atoms with Gasteiger partial charge in [0.25, 0.3) is 0 Å². The van der Waals surface area contributed by atoms with E-state index in [4.69, 9.17) is 14.2 Å². The van der Waals surface area contributed by atoms with Crippen molar-refractivity contribution < 1.29 is 28.6 Å². The van der Waals surface area contributed by atoms with Crippen molar-refractivity contribution in [3.05, 3.63) is 48.6 Å². The first-order chi connectivity index (χ1) is 34.0. The van der Waals surface area contributed by atoms with Crippen molar-refractivity contribution in [3.8, 4) is 0 Å². The van der Waals surface area contributed by atoms with Gasteiger partial charge in [0.1, 0.15) is 13.2 Å². The quantitative estimate of drug-likeness (QED) is 0.0262. The number of unbranched alkanes of at least 4 members (excludes halogenated alkanes) is 36. The van der Waals surface area contributed by atoms with Crippen LogP contribution in [0.4, 0.5) is 0 Å². The largest absolute Gasteiger partial charge is 0.462 e. The van der Waals surface area contributed by atoms with E-state index in [1.54, 1.807) is 0 Å². The molecule has 0 spiro atoms. The summed E-state index contributed by atoms with van der Waals surface area (Å²) in [5, 5.41) is 0. The molecule has 402 valence electrons. The maximum absolute atomic E-state index is 12.9. The molecule has 6 heteroatoms. The molecule has 0 aliphatic rings. The topological polar surface area (TPSA) is 78.9 Å². The van der Waals surface area contributed by atoms with Gasteiger partial charge in [-0.1, -0.05) is 262 Å². The lowest BCUT2D eigenvalue weighted by Gasteiger charge is -2.18. The van der Waals surface area contributed by atoms with Gasteiger partial charge >= 0.3 is 17.9 Å². The molecule has 0 saturated carbocycles. The van der Waals surface area contributed by atoms with Gasteiger partial charge < -0.3 is 14.2 Å². The molecule has 0 amide bonds. The third-order valence-electron chi connectivity index (χ3n) is 13.3. The minimum atomic E-state index is -0.785. The highest BCUT2D eigenvalue weighted by molar-refractivity contribution is 5.71. The maximum atomic E-state index is 12.9. The number of ether oxygens (including phenoxy) is 3. The summed E-state index contributed by atoms with van der Waals surface area (Å²) in [7, 11) is 0. The van der Waals surface area contributed by atoms with Crippen LogP contribution in [0.25, 0.3) is 0 Å². The summed E-state index contributed by atoms with van der Waals surface area (Å²) in [6.45, 7) is 6.61. The van der Waals surface area contributed by atoms with Crippen LogP contribution < -0.4 is 0 Å². The van der Waals surface area contributed by atoms with E-state index < -0.39 is 6.10 Å². The molecule has 0 bridgehead atoms. The molecule has 6 nitrogen and oxygen atoms in total. The smallest absolute Gasteiger partial charge is 0.306 e. The van der Waals surface area contributed by atoms with Gasteiger partial charge in [-0.25, -0.2) is 0 Å². The Labute approximate surface area is 428 Å². The number of rotatable bonds is 55. The molecule has 0 aliphatic heterocycles. The predicted octanol–water partition coefficient (Wildman–Crippen LogP) is 20.2. The number of hydrogen-bond donors (Lipinski definition) is 0. The predicted molar refractivity (Wildman–Crippen MR) is 298 cm³/mol. The van der Waals surface area contributed by atoms with E-state index in [1.807, 2.05) is 0 Å². The minimum absolute atomic E-state index is 0.0804. The summed E-state index contributed by atoms with van der Waals surface area (Å²) in [6, 6.07) is 0.